The minimum Gasteiger partial charge on any atom is -0.493 e. The minimum atomic E-state index is -4.35. The Kier molecular flexibility index (Phi) is 6.29. The first-order valence-corrected chi connectivity index (χ1v) is 6.01. The Hall–Kier alpha value is -1.96. The van der Waals surface area contributed by atoms with E-state index in [0.29, 0.717) is 22.8 Å². The molecule has 0 amide bonds. The van der Waals surface area contributed by atoms with Crippen molar-refractivity contribution in [1.82, 2.24) is 0 Å². The van der Waals surface area contributed by atoms with Gasteiger partial charge in [0.15, 0.2) is 11.5 Å². The summed E-state index contributed by atoms with van der Waals surface area (Å²) >= 11 is 0. The van der Waals surface area contributed by atoms with Crippen molar-refractivity contribution in [3.05, 3.63) is 23.8 Å². The van der Waals surface area contributed by atoms with Gasteiger partial charge in [0.25, 0.3) is 0 Å². The maximum atomic E-state index is 11.9. The summed E-state index contributed by atoms with van der Waals surface area (Å²) in [5.41, 5.74) is 1.03. The summed E-state index contributed by atoms with van der Waals surface area (Å²) in [5.74, 6) is 0.744. The molecule has 0 bridgehead atoms. The number of alkyl halides is 3. The molecule has 21 heavy (non-hydrogen) atoms. The second-order valence-electron chi connectivity index (χ2n) is 4.07. The van der Waals surface area contributed by atoms with Crippen LogP contribution < -0.4 is 9.47 Å². The van der Waals surface area contributed by atoms with Crippen LogP contribution in [0.1, 0.15) is 12.5 Å². The fraction of sp³-hybridized carbons (Fsp3) is 0.462. The molecule has 0 saturated carbocycles. The standard InChI is InChI=1S/C13H16F3NO4/c1-9(17-18)10-3-4-11(12(7-10)19-2)21-6-5-20-8-13(14,15)16/h3-4,7,18H,5-6,8H2,1-2H3. The van der Waals surface area contributed by atoms with Crippen molar-refractivity contribution < 1.29 is 32.6 Å². The highest BCUT2D eigenvalue weighted by Gasteiger charge is 2.27. The number of oxime groups is 1. The number of methoxy groups -OCH3 is 1. The third-order valence-corrected chi connectivity index (χ3v) is 2.48. The highest BCUT2D eigenvalue weighted by atomic mass is 19.4. The van der Waals surface area contributed by atoms with Gasteiger partial charge in [-0.1, -0.05) is 5.16 Å². The van der Waals surface area contributed by atoms with E-state index in [-0.39, 0.29) is 13.2 Å². The van der Waals surface area contributed by atoms with Crippen molar-refractivity contribution in [3.63, 3.8) is 0 Å². The zero-order chi connectivity index (χ0) is 15.9. The van der Waals surface area contributed by atoms with E-state index in [4.69, 9.17) is 14.7 Å². The molecule has 0 aliphatic heterocycles. The Morgan fingerprint density at radius 2 is 1.95 bits per heavy atom. The van der Waals surface area contributed by atoms with Crippen LogP contribution in [0, 0.1) is 0 Å². The van der Waals surface area contributed by atoms with E-state index in [1.807, 2.05) is 0 Å². The first-order valence-electron chi connectivity index (χ1n) is 6.01. The van der Waals surface area contributed by atoms with Gasteiger partial charge in [-0.25, -0.2) is 0 Å². The van der Waals surface area contributed by atoms with E-state index in [1.165, 1.54) is 7.11 Å². The maximum absolute atomic E-state index is 11.9. The van der Waals surface area contributed by atoms with Crippen molar-refractivity contribution in [2.24, 2.45) is 5.16 Å². The SMILES string of the molecule is COc1cc(C(C)=NO)ccc1OCCOCC(F)(F)F. The summed E-state index contributed by atoms with van der Waals surface area (Å²) in [6.07, 6.45) is -4.35. The van der Waals surface area contributed by atoms with Gasteiger partial charge in [-0.15, -0.1) is 0 Å². The average Bonchev–Trinajstić information content (AvgIpc) is 2.45. The Morgan fingerprint density at radius 3 is 2.52 bits per heavy atom. The summed E-state index contributed by atoms with van der Waals surface area (Å²) in [7, 11) is 1.43. The van der Waals surface area contributed by atoms with Gasteiger partial charge >= 0.3 is 6.18 Å². The molecule has 0 saturated heterocycles. The van der Waals surface area contributed by atoms with Gasteiger partial charge < -0.3 is 19.4 Å². The number of benzene rings is 1. The van der Waals surface area contributed by atoms with Crippen LogP contribution in [0.3, 0.4) is 0 Å². The normalized spacial score (nSPS) is 12.3. The van der Waals surface area contributed by atoms with Crippen LogP contribution in [-0.4, -0.2) is 44.0 Å². The fourth-order valence-electron chi connectivity index (χ4n) is 1.47. The van der Waals surface area contributed by atoms with Crippen LogP contribution in [0.25, 0.3) is 0 Å². The lowest BCUT2D eigenvalue weighted by atomic mass is 10.1. The third-order valence-electron chi connectivity index (χ3n) is 2.48. The highest BCUT2D eigenvalue weighted by Crippen LogP contribution is 2.28. The number of rotatable bonds is 7. The summed E-state index contributed by atoms with van der Waals surface area (Å²) in [6, 6.07) is 4.82. The Morgan fingerprint density at radius 1 is 1.24 bits per heavy atom. The molecule has 0 aromatic heterocycles. The molecule has 0 aliphatic carbocycles. The van der Waals surface area contributed by atoms with Crippen LogP contribution in [0.4, 0.5) is 13.2 Å². The Labute approximate surface area is 119 Å². The van der Waals surface area contributed by atoms with Crippen LogP contribution in [0.5, 0.6) is 11.5 Å². The van der Waals surface area contributed by atoms with E-state index in [9.17, 15) is 13.2 Å². The van der Waals surface area contributed by atoms with Crippen molar-refractivity contribution in [2.75, 3.05) is 26.9 Å². The van der Waals surface area contributed by atoms with E-state index < -0.39 is 12.8 Å². The Bertz CT molecular complexity index is 489. The van der Waals surface area contributed by atoms with Gasteiger partial charge in [-0.2, -0.15) is 13.2 Å². The molecular weight excluding hydrogens is 291 g/mol. The van der Waals surface area contributed by atoms with Gasteiger partial charge in [0.05, 0.1) is 19.4 Å². The lowest BCUT2D eigenvalue weighted by Crippen LogP contribution is -2.19. The first kappa shape index (κ1) is 17.1. The van der Waals surface area contributed by atoms with Crippen molar-refractivity contribution in [3.8, 4) is 11.5 Å². The second kappa shape index (κ2) is 7.72. The van der Waals surface area contributed by atoms with Gasteiger partial charge in [0.2, 0.25) is 0 Å². The fourth-order valence-corrected chi connectivity index (χ4v) is 1.47. The first-order chi connectivity index (χ1) is 9.87. The molecule has 0 unspecified atom stereocenters. The minimum absolute atomic E-state index is 0.0428. The molecule has 1 rings (SSSR count). The number of nitrogens with zero attached hydrogens (tertiary/aromatic N) is 1. The van der Waals surface area contributed by atoms with E-state index in [1.54, 1.807) is 25.1 Å². The monoisotopic (exact) mass is 307 g/mol. The lowest BCUT2D eigenvalue weighted by Gasteiger charge is -2.12. The number of hydrogen-bond acceptors (Lipinski definition) is 5. The van der Waals surface area contributed by atoms with Crippen LogP contribution in [-0.2, 0) is 4.74 Å². The quantitative estimate of drug-likeness (QED) is 0.364. The second-order valence-corrected chi connectivity index (χ2v) is 4.07. The average molecular weight is 307 g/mol. The summed E-state index contributed by atoms with van der Waals surface area (Å²) < 4.78 is 50.4. The number of hydrogen-bond donors (Lipinski definition) is 1. The molecule has 0 atom stereocenters. The molecule has 5 nitrogen and oxygen atoms in total. The summed E-state index contributed by atoms with van der Waals surface area (Å²) in [5, 5.41) is 11.8. The number of ether oxygens (including phenoxy) is 3. The molecular formula is C13H16F3NO4. The molecule has 118 valence electrons. The van der Waals surface area contributed by atoms with Crippen LogP contribution in [0.15, 0.2) is 23.4 Å². The Balaban J connectivity index is 2.55. The van der Waals surface area contributed by atoms with Crippen molar-refractivity contribution in [1.29, 1.82) is 0 Å². The molecule has 1 aromatic rings. The zero-order valence-corrected chi connectivity index (χ0v) is 11.6. The molecule has 0 aliphatic rings. The molecule has 0 spiro atoms. The van der Waals surface area contributed by atoms with Gasteiger partial charge in [-0.05, 0) is 25.1 Å². The predicted molar refractivity (Wildman–Crippen MR) is 69.4 cm³/mol. The van der Waals surface area contributed by atoms with Gasteiger partial charge in [0.1, 0.15) is 13.2 Å². The largest absolute Gasteiger partial charge is 0.493 e. The number of halogens is 3. The molecule has 8 heteroatoms. The summed E-state index contributed by atoms with van der Waals surface area (Å²) in [4.78, 5) is 0. The maximum Gasteiger partial charge on any atom is 0.411 e. The van der Waals surface area contributed by atoms with E-state index in [0.717, 1.165) is 0 Å². The molecule has 1 aromatic carbocycles. The van der Waals surface area contributed by atoms with Crippen LogP contribution in [0.2, 0.25) is 0 Å². The third kappa shape index (κ3) is 5.90. The molecule has 0 radical (unpaired) electrons. The van der Waals surface area contributed by atoms with Crippen molar-refractivity contribution in [2.45, 2.75) is 13.1 Å². The van der Waals surface area contributed by atoms with E-state index >= 15 is 0 Å². The van der Waals surface area contributed by atoms with Gasteiger partial charge in [-0.3, -0.25) is 0 Å². The topological polar surface area (TPSA) is 60.3 Å². The molecule has 1 N–H and O–H groups in total. The predicted octanol–water partition coefficient (Wildman–Crippen LogP) is 2.85. The lowest BCUT2D eigenvalue weighted by molar-refractivity contribution is -0.175. The van der Waals surface area contributed by atoms with Gasteiger partial charge in [0, 0.05) is 5.56 Å². The molecule has 0 heterocycles. The van der Waals surface area contributed by atoms with E-state index in [2.05, 4.69) is 9.89 Å². The summed E-state index contributed by atoms with van der Waals surface area (Å²) in [6.45, 7) is 0.0687. The zero-order valence-electron chi connectivity index (χ0n) is 11.6. The highest BCUT2D eigenvalue weighted by molar-refractivity contribution is 5.98. The smallest absolute Gasteiger partial charge is 0.411 e. The van der Waals surface area contributed by atoms with Crippen LogP contribution >= 0.6 is 0 Å². The molecule has 0 fully saturated rings. The van der Waals surface area contributed by atoms with Crippen molar-refractivity contribution >= 4 is 5.71 Å².